The van der Waals surface area contributed by atoms with Gasteiger partial charge in [-0.05, 0) is 18.2 Å². The van der Waals surface area contributed by atoms with E-state index < -0.39 is 11.9 Å². The first-order valence-corrected chi connectivity index (χ1v) is 5.20. The van der Waals surface area contributed by atoms with E-state index in [0.29, 0.717) is 11.1 Å². The average Bonchev–Trinajstić information content (AvgIpc) is 2.87. The smallest absolute Gasteiger partial charge is 0.353 e. The van der Waals surface area contributed by atoms with Gasteiger partial charge in [0.15, 0.2) is 5.82 Å². The van der Waals surface area contributed by atoms with Crippen LogP contribution in [0, 0.1) is 11.3 Å². The molecule has 1 heterocycles. The number of aromatic amines is 1. The Morgan fingerprint density at radius 2 is 2.16 bits per heavy atom. The minimum atomic E-state index is -1.17. The Kier molecular flexibility index (Phi) is 3.25. The maximum absolute atomic E-state index is 11.8. The molecule has 2 aromatic rings. The van der Waals surface area contributed by atoms with Crippen LogP contribution in [0.1, 0.15) is 26.4 Å². The molecule has 2 rings (SSSR count). The molecule has 7 heteroatoms. The molecule has 0 saturated heterocycles. The molecule has 1 amide bonds. The lowest BCUT2D eigenvalue weighted by Crippen LogP contribution is -2.12. The Morgan fingerprint density at radius 3 is 2.79 bits per heavy atom. The molecule has 7 nitrogen and oxygen atoms in total. The summed E-state index contributed by atoms with van der Waals surface area (Å²) in [6.07, 6.45) is 0. The molecular weight excluding hydrogens is 248 g/mol. The molecule has 3 N–H and O–H groups in total. The van der Waals surface area contributed by atoms with Crippen LogP contribution in [-0.4, -0.2) is 27.2 Å². The standard InChI is InChI=1S/C12H8N4O3/c13-6-7-2-1-3-8(4-7)11(17)14-10-5-9(12(18)19)15-16-10/h1-5H,(H,18,19)(H2,14,15,16,17). The molecule has 0 spiro atoms. The van der Waals surface area contributed by atoms with E-state index in [1.807, 2.05) is 6.07 Å². The van der Waals surface area contributed by atoms with Gasteiger partial charge in [0, 0.05) is 11.6 Å². The Balaban J connectivity index is 2.16. The highest BCUT2D eigenvalue weighted by atomic mass is 16.4. The SMILES string of the molecule is N#Cc1cccc(C(=O)Nc2cc(C(=O)O)[nH]n2)c1. The summed E-state index contributed by atoms with van der Waals surface area (Å²) in [5.74, 6) is -1.54. The van der Waals surface area contributed by atoms with E-state index in [4.69, 9.17) is 10.4 Å². The second kappa shape index (κ2) is 5.01. The normalized spacial score (nSPS) is 9.63. The summed E-state index contributed by atoms with van der Waals surface area (Å²) in [7, 11) is 0. The van der Waals surface area contributed by atoms with E-state index in [-0.39, 0.29) is 11.5 Å². The number of carbonyl (C=O) groups is 2. The molecular formula is C12H8N4O3. The summed E-state index contributed by atoms with van der Waals surface area (Å²) in [5.41, 5.74) is 0.529. The molecule has 0 aliphatic heterocycles. The summed E-state index contributed by atoms with van der Waals surface area (Å²) in [4.78, 5) is 22.5. The van der Waals surface area contributed by atoms with Gasteiger partial charge in [-0.2, -0.15) is 10.4 Å². The highest BCUT2D eigenvalue weighted by Gasteiger charge is 2.11. The van der Waals surface area contributed by atoms with Gasteiger partial charge < -0.3 is 10.4 Å². The zero-order valence-corrected chi connectivity index (χ0v) is 9.54. The van der Waals surface area contributed by atoms with Gasteiger partial charge >= 0.3 is 5.97 Å². The number of nitrogens with one attached hydrogen (secondary N) is 2. The zero-order valence-electron chi connectivity index (χ0n) is 9.54. The first kappa shape index (κ1) is 12.3. The molecule has 0 unspecified atom stereocenters. The second-order valence-electron chi connectivity index (χ2n) is 3.62. The van der Waals surface area contributed by atoms with E-state index in [9.17, 15) is 9.59 Å². The first-order chi connectivity index (χ1) is 9.10. The van der Waals surface area contributed by atoms with Crippen molar-refractivity contribution < 1.29 is 14.7 Å². The van der Waals surface area contributed by atoms with Crippen LogP contribution in [0.15, 0.2) is 30.3 Å². The third-order valence-corrected chi connectivity index (χ3v) is 2.30. The number of aromatic carboxylic acids is 1. The number of anilines is 1. The van der Waals surface area contributed by atoms with Crippen LogP contribution < -0.4 is 5.32 Å². The number of hydrogen-bond donors (Lipinski definition) is 3. The fourth-order valence-electron chi connectivity index (χ4n) is 1.41. The Hall–Kier alpha value is -3.14. The van der Waals surface area contributed by atoms with Crippen molar-refractivity contribution in [2.24, 2.45) is 0 Å². The first-order valence-electron chi connectivity index (χ1n) is 5.20. The lowest BCUT2D eigenvalue weighted by molar-refractivity contribution is 0.0690. The van der Waals surface area contributed by atoms with E-state index >= 15 is 0 Å². The molecule has 0 bridgehead atoms. The predicted octanol–water partition coefficient (Wildman–Crippen LogP) is 1.23. The number of rotatable bonds is 3. The summed E-state index contributed by atoms with van der Waals surface area (Å²) in [6.45, 7) is 0. The van der Waals surface area contributed by atoms with Crippen molar-refractivity contribution in [3.8, 4) is 6.07 Å². The van der Waals surface area contributed by atoms with Gasteiger partial charge in [0.25, 0.3) is 5.91 Å². The van der Waals surface area contributed by atoms with Gasteiger partial charge in [-0.15, -0.1) is 0 Å². The maximum atomic E-state index is 11.8. The minimum absolute atomic E-state index is 0.102. The zero-order chi connectivity index (χ0) is 13.8. The highest BCUT2D eigenvalue weighted by molar-refractivity contribution is 6.04. The summed E-state index contributed by atoms with van der Waals surface area (Å²) in [5, 5.41) is 25.8. The number of hydrogen-bond acceptors (Lipinski definition) is 4. The molecule has 0 saturated carbocycles. The van der Waals surface area contributed by atoms with Gasteiger partial charge in [-0.25, -0.2) is 4.79 Å². The Morgan fingerprint density at radius 1 is 1.37 bits per heavy atom. The largest absolute Gasteiger partial charge is 0.477 e. The number of aromatic nitrogens is 2. The van der Waals surface area contributed by atoms with Crippen LogP contribution in [-0.2, 0) is 0 Å². The van der Waals surface area contributed by atoms with Crippen LogP contribution in [0.5, 0.6) is 0 Å². The lowest BCUT2D eigenvalue weighted by atomic mass is 10.1. The number of H-pyrrole nitrogens is 1. The second-order valence-corrected chi connectivity index (χ2v) is 3.62. The quantitative estimate of drug-likeness (QED) is 0.763. The maximum Gasteiger partial charge on any atom is 0.353 e. The van der Waals surface area contributed by atoms with Crippen LogP contribution in [0.4, 0.5) is 5.82 Å². The number of amides is 1. The molecule has 1 aromatic carbocycles. The lowest BCUT2D eigenvalue weighted by Gasteiger charge is -2.01. The summed E-state index contributed by atoms with van der Waals surface area (Å²) >= 11 is 0. The molecule has 0 radical (unpaired) electrons. The summed E-state index contributed by atoms with van der Waals surface area (Å²) in [6, 6.07) is 9.26. The Bertz CT molecular complexity index is 684. The van der Waals surface area contributed by atoms with Crippen LogP contribution in [0.2, 0.25) is 0 Å². The van der Waals surface area contributed by atoms with Gasteiger partial charge in [0.2, 0.25) is 0 Å². The Labute approximate surface area is 107 Å². The van der Waals surface area contributed by atoms with Crippen molar-refractivity contribution in [1.29, 1.82) is 5.26 Å². The molecule has 0 atom stereocenters. The molecule has 94 valence electrons. The average molecular weight is 256 g/mol. The molecule has 1 aromatic heterocycles. The third kappa shape index (κ3) is 2.76. The number of nitriles is 1. The van der Waals surface area contributed by atoms with E-state index in [1.165, 1.54) is 12.1 Å². The van der Waals surface area contributed by atoms with Crippen molar-refractivity contribution in [1.82, 2.24) is 10.2 Å². The van der Waals surface area contributed by atoms with E-state index in [2.05, 4.69) is 15.5 Å². The molecule has 0 aliphatic rings. The van der Waals surface area contributed by atoms with Gasteiger partial charge in [-0.1, -0.05) is 6.07 Å². The van der Waals surface area contributed by atoms with Crippen LogP contribution in [0.3, 0.4) is 0 Å². The van der Waals surface area contributed by atoms with Crippen LogP contribution >= 0.6 is 0 Å². The number of carboxylic acids is 1. The van der Waals surface area contributed by atoms with Gasteiger partial charge in [-0.3, -0.25) is 9.89 Å². The number of nitrogens with zero attached hydrogens (tertiary/aromatic N) is 2. The fourth-order valence-corrected chi connectivity index (χ4v) is 1.41. The molecule has 0 fully saturated rings. The van der Waals surface area contributed by atoms with Crippen molar-refractivity contribution in [3.63, 3.8) is 0 Å². The highest BCUT2D eigenvalue weighted by Crippen LogP contribution is 2.09. The van der Waals surface area contributed by atoms with Gasteiger partial charge in [0.05, 0.1) is 11.6 Å². The third-order valence-electron chi connectivity index (χ3n) is 2.30. The van der Waals surface area contributed by atoms with Crippen LogP contribution in [0.25, 0.3) is 0 Å². The number of benzene rings is 1. The number of carboxylic acid groups (broad SMARTS) is 1. The summed E-state index contributed by atoms with van der Waals surface area (Å²) < 4.78 is 0. The van der Waals surface area contributed by atoms with Crippen molar-refractivity contribution in [2.75, 3.05) is 5.32 Å². The van der Waals surface area contributed by atoms with Crippen molar-refractivity contribution in [3.05, 3.63) is 47.2 Å². The topological polar surface area (TPSA) is 119 Å². The van der Waals surface area contributed by atoms with E-state index in [1.54, 1.807) is 18.2 Å². The molecule has 19 heavy (non-hydrogen) atoms. The molecule has 0 aliphatic carbocycles. The fraction of sp³-hybridized carbons (Fsp3) is 0. The monoisotopic (exact) mass is 256 g/mol. The van der Waals surface area contributed by atoms with Gasteiger partial charge in [0.1, 0.15) is 5.69 Å². The number of carbonyl (C=O) groups excluding carboxylic acids is 1. The van der Waals surface area contributed by atoms with E-state index in [0.717, 1.165) is 0 Å². The van der Waals surface area contributed by atoms with Crippen molar-refractivity contribution >= 4 is 17.7 Å². The van der Waals surface area contributed by atoms with Crippen molar-refractivity contribution in [2.45, 2.75) is 0 Å². The minimum Gasteiger partial charge on any atom is -0.477 e. The predicted molar refractivity (Wildman–Crippen MR) is 64.7 cm³/mol.